The molecule has 0 amide bonds. The van der Waals surface area contributed by atoms with Gasteiger partial charge in [-0.25, -0.2) is 4.98 Å². The van der Waals surface area contributed by atoms with E-state index in [4.69, 9.17) is 16.3 Å². The number of alkyl halides is 1. The van der Waals surface area contributed by atoms with Crippen LogP contribution in [0.4, 0.5) is 0 Å². The summed E-state index contributed by atoms with van der Waals surface area (Å²) in [5.74, 6) is 1.49. The van der Waals surface area contributed by atoms with Crippen molar-refractivity contribution in [2.45, 2.75) is 38.7 Å². The molecule has 0 aliphatic heterocycles. The predicted octanol–water partition coefficient (Wildman–Crippen LogP) is 2.93. The number of ether oxygens (including phenoxy) is 1. The lowest BCUT2D eigenvalue weighted by Gasteiger charge is -2.05. The molecule has 0 saturated carbocycles. The molecule has 1 aromatic rings. The van der Waals surface area contributed by atoms with Crippen LogP contribution in [0.25, 0.3) is 0 Å². The van der Waals surface area contributed by atoms with Crippen LogP contribution in [0.3, 0.4) is 0 Å². The molecule has 0 unspecified atom stereocenters. The summed E-state index contributed by atoms with van der Waals surface area (Å²) in [5.41, 5.74) is 0.978. The Morgan fingerprint density at radius 2 is 2.27 bits per heavy atom. The van der Waals surface area contributed by atoms with Crippen LogP contribution >= 0.6 is 24.0 Å². The topological polar surface area (TPSA) is 37.9 Å². The number of aryl methyl sites for hydroxylation is 1. The third-order valence-corrected chi connectivity index (χ3v) is 2.12. The number of rotatable bonds is 6. The maximum absolute atomic E-state index is 5.65. The molecule has 0 atom stereocenters. The molecule has 5 heteroatoms. The first kappa shape index (κ1) is 14.8. The molecule has 0 bridgehead atoms. The summed E-state index contributed by atoms with van der Waals surface area (Å²) in [6.45, 7) is 4.87. The van der Waals surface area contributed by atoms with Crippen molar-refractivity contribution in [1.29, 1.82) is 0 Å². The number of aromatic nitrogens is 2. The second kappa shape index (κ2) is 7.97. The molecule has 1 aromatic heterocycles. The Morgan fingerprint density at radius 1 is 1.53 bits per heavy atom. The largest absolute Gasteiger partial charge is 0.379 e. The fourth-order valence-corrected chi connectivity index (χ4v) is 1.30. The Kier molecular flexibility index (Phi) is 7.83. The van der Waals surface area contributed by atoms with Gasteiger partial charge in [0, 0.05) is 24.9 Å². The minimum atomic E-state index is 0. The number of hydrogen-bond acceptors (Lipinski definition) is 2. The highest BCUT2D eigenvalue weighted by Crippen LogP contribution is 2.03. The minimum Gasteiger partial charge on any atom is -0.379 e. The highest BCUT2D eigenvalue weighted by molar-refractivity contribution is 6.16. The molecule has 0 aromatic carbocycles. The van der Waals surface area contributed by atoms with E-state index in [-0.39, 0.29) is 12.4 Å². The summed E-state index contributed by atoms with van der Waals surface area (Å²) in [4.78, 5) is 7.36. The zero-order valence-corrected chi connectivity index (χ0v) is 10.7. The lowest BCUT2D eigenvalue weighted by atomic mass is 10.3. The minimum absolute atomic E-state index is 0. The third-order valence-electron chi connectivity index (χ3n) is 1.83. The van der Waals surface area contributed by atoms with Crippen molar-refractivity contribution in [3.05, 3.63) is 17.7 Å². The Bertz CT molecular complexity index is 264. The monoisotopic (exact) mass is 252 g/mol. The Morgan fingerprint density at radius 3 is 2.80 bits per heavy atom. The van der Waals surface area contributed by atoms with Crippen LogP contribution in [-0.2, 0) is 17.0 Å². The van der Waals surface area contributed by atoms with E-state index in [1.807, 2.05) is 13.8 Å². The molecule has 0 fully saturated rings. The van der Waals surface area contributed by atoms with E-state index in [1.165, 1.54) is 0 Å². The smallest absolute Gasteiger partial charge is 0.106 e. The highest BCUT2D eigenvalue weighted by Gasteiger charge is 2.00. The van der Waals surface area contributed by atoms with Gasteiger partial charge in [-0.05, 0) is 20.3 Å². The van der Waals surface area contributed by atoms with E-state index in [2.05, 4.69) is 9.97 Å². The lowest BCUT2D eigenvalue weighted by Crippen LogP contribution is -2.05. The van der Waals surface area contributed by atoms with Crippen LogP contribution in [0.2, 0.25) is 0 Å². The molecule has 1 heterocycles. The fourth-order valence-electron chi connectivity index (χ4n) is 1.16. The van der Waals surface area contributed by atoms with Crippen molar-refractivity contribution in [2.75, 3.05) is 6.61 Å². The van der Waals surface area contributed by atoms with Crippen molar-refractivity contribution in [2.24, 2.45) is 0 Å². The van der Waals surface area contributed by atoms with Gasteiger partial charge in [-0.1, -0.05) is 0 Å². The maximum atomic E-state index is 5.65. The second-order valence-corrected chi connectivity index (χ2v) is 3.78. The molecule has 3 nitrogen and oxygen atoms in total. The molecule has 1 N–H and O–H groups in total. The number of halogens is 2. The van der Waals surface area contributed by atoms with Crippen molar-refractivity contribution in [3.63, 3.8) is 0 Å². The van der Waals surface area contributed by atoms with Gasteiger partial charge < -0.3 is 9.72 Å². The summed E-state index contributed by atoms with van der Waals surface area (Å²) < 4.78 is 5.43. The molecular weight excluding hydrogens is 235 g/mol. The number of imidazole rings is 1. The van der Waals surface area contributed by atoms with Crippen molar-refractivity contribution >= 4 is 24.0 Å². The van der Waals surface area contributed by atoms with Crippen LogP contribution in [0.15, 0.2) is 6.20 Å². The van der Waals surface area contributed by atoms with Gasteiger partial charge in [0.2, 0.25) is 0 Å². The van der Waals surface area contributed by atoms with E-state index in [0.29, 0.717) is 12.0 Å². The van der Waals surface area contributed by atoms with Crippen LogP contribution in [-0.4, -0.2) is 22.7 Å². The summed E-state index contributed by atoms with van der Waals surface area (Å²) in [6.07, 6.45) is 4.01. The van der Waals surface area contributed by atoms with Crippen LogP contribution < -0.4 is 0 Å². The molecule has 0 radical (unpaired) electrons. The van der Waals surface area contributed by atoms with Gasteiger partial charge in [0.1, 0.15) is 5.82 Å². The molecule has 0 spiro atoms. The van der Waals surface area contributed by atoms with Crippen molar-refractivity contribution in [3.8, 4) is 0 Å². The maximum Gasteiger partial charge on any atom is 0.106 e. The molecule has 0 aliphatic carbocycles. The predicted molar refractivity (Wildman–Crippen MR) is 64.8 cm³/mol. The zero-order valence-electron chi connectivity index (χ0n) is 9.12. The molecule has 88 valence electrons. The van der Waals surface area contributed by atoms with Gasteiger partial charge in [-0.15, -0.1) is 24.0 Å². The van der Waals surface area contributed by atoms with Gasteiger partial charge in [-0.2, -0.15) is 0 Å². The van der Waals surface area contributed by atoms with Crippen LogP contribution in [0, 0.1) is 0 Å². The summed E-state index contributed by atoms with van der Waals surface area (Å²) >= 11 is 5.65. The number of nitrogens with one attached hydrogen (secondary N) is 1. The first-order valence-electron chi connectivity index (χ1n) is 4.92. The molecular formula is C10H18Cl2N2O. The van der Waals surface area contributed by atoms with E-state index >= 15 is 0 Å². The SMILES string of the molecule is CC(C)OCCCc1ncc(CCl)[nH]1.Cl. The van der Waals surface area contributed by atoms with Gasteiger partial charge in [0.05, 0.1) is 12.0 Å². The normalized spacial score (nSPS) is 10.4. The van der Waals surface area contributed by atoms with Crippen LogP contribution in [0.5, 0.6) is 0 Å². The fraction of sp³-hybridized carbons (Fsp3) is 0.700. The van der Waals surface area contributed by atoms with E-state index in [0.717, 1.165) is 31.0 Å². The molecule has 0 saturated heterocycles. The van der Waals surface area contributed by atoms with E-state index in [9.17, 15) is 0 Å². The average molecular weight is 253 g/mol. The quantitative estimate of drug-likeness (QED) is 0.625. The van der Waals surface area contributed by atoms with Crippen molar-refractivity contribution in [1.82, 2.24) is 9.97 Å². The summed E-state index contributed by atoms with van der Waals surface area (Å²) in [5, 5.41) is 0. The molecule has 15 heavy (non-hydrogen) atoms. The molecule has 0 aliphatic rings. The van der Waals surface area contributed by atoms with Gasteiger partial charge in [-0.3, -0.25) is 0 Å². The Hall–Kier alpha value is -0.250. The first-order valence-corrected chi connectivity index (χ1v) is 5.46. The van der Waals surface area contributed by atoms with Crippen LogP contribution in [0.1, 0.15) is 31.8 Å². The average Bonchev–Trinajstić information content (AvgIpc) is 2.60. The van der Waals surface area contributed by atoms with E-state index < -0.39 is 0 Å². The second-order valence-electron chi connectivity index (χ2n) is 3.51. The first-order chi connectivity index (χ1) is 6.72. The Labute approximate surface area is 102 Å². The number of nitrogens with zero attached hydrogens (tertiary/aromatic N) is 1. The highest BCUT2D eigenvalue weighted by atomic mass is 35.5. The summed E-state index contributed by atoms with van der Waals surface area (Å²) in [7, 11) is 0. The zero-order chi connectivity index (χ0) is 10.4. The van der Waals surface area contributed by atoms with Crippen molar-refractivity contribution < 1.29 is 4.74 Å². The van der Waals surface area contributed by atoms with Gasteiger partial charge in [0.25, 0.3) is 0 Å². The number of H-pyrrole nitrogens is 1. The van der Waals surface area contributed by atoms with Gasteiger partial charge >= 0.3 is 0 Å². The molecule has 1 rings (SSSR count). The van der Waals surface area contributed by atoms with E-state index in [1.54, 1.807) is 6.20 Å². The Balaban J connectivity index is 0.00000196. The third kappa shape index (κ3) is 6.03. The lowest BCUT2D eigenvalue weighted by molar-refractivity contribution is 0.0769. The number of aromatic amines is 1. The van der Waals surface area contributed by atoms with Gasteiger partial charge in [0.15, 0.2) is 0 Å². The summed E-state index contributed by atoms with van der Waals surface area (Å²) in [6, 6.07) is 0. The number of hydrogen-bond donors (Lipinski definition) is 1. The standard InChI is InChI=1S/C10H17ClN2O.ClH/c1-8(2)14-5-3-4-10-12-7-9(6-11)13-10;/h7-8H,3-6H2,1-2H3,(H,12,13);1H.